The normalized spacial score (nSPS) is 12.1. The van der Waals surface area contributed by atoms with Gasteiger partial charge in [0.2, 0.25) is 5.65 Å². The first-order valence-electron chi connectivity index (χ1n) is 8.56. The smallest absolute Gasteiger partial charge is 0.347 e. The first-order valence-corrected chi connectivity index (χ1v) is 8.56. The minimum Gasteiger partial charge on any atom is -0.367 e. The van der Waals surface area contributed by atoms with Crippen molar-refractivity contribution in [1.82, 2.24) is 29.0 Å². The van der Waals surface area contributed by atoms with E-state index in [2.05, 4.69) is 46.3 Å². The van der Waals surface area contributed by atoms with Gasteiger partial charge in [0.1, 0.15) is 5.65 Å². The number of fused-ring (bicyclic) bond motifs is 2. The molecule has 0 aliphatic heterocycles. The number of imidazole rings is 1. The minimum atomic E-state index is -0.267. The molecule has 0 radical (unpaired) electrons. The SMILES string of the molecule is CC(C)(C)c1cn2c(=O)[nH]nc2c(NCCc2cn3ccccc3n2)n1. The molecular formula is C18H21N7O. The average molecular weight is 351 g/mol. The van der Waals surface area contributed by atoms with Gasteiger partial charge in [-0.2, -0.15) is 0 Å². The molecule has 4 aromatic rings. The molecule has 134 valence electrons. The van der Waals surface area contributed by atoms with Crippen molar-refractivity contribution in [2.24, 2.45) is 0 Å². The molecule has 4 aromatic heterocycles. The zero-order valence-corrected chi connectivity index (χ0v) is 15.0. The first kappa shape index (κ1) is 16.3. The van der Waals surface area contributed by atoms with E-state index in [1.165, 1.54) is 4.40 Å². The molecule has 0 saturated heterocycles. The lowest BCUT2D eigenvalue weighted by molar-refractivity contribution is 0.565. The molecule has 0 unspecified atom stereocenters. The number of hydrogen-bond acceptors (Lipinski definition) is 5. The molecular weight excluding hydrogens is 330 g/mol. The van der Waals surface area contributed by atoms with Crippen LogP contribution in [0, 0.1) is 0 Å². The van der Waals surface area contributed by atoms with Crippen LogP contribution in [0.4, 0.5) is 5.82 Å². The van der Waals surface area contributed by atoms with Crippen molar-refractivity contribution in [3.8, 4) is 0 Å². The van der Waals surface area contributed by atoms with E-state index in [0.717, 1.165) is 23.5 Å². The van der Waals surface area contributed by atoms with E-state index in [1.807, 2.05) is 35.0 Å². The van der Waals surface area contributed by atoms with E-state index in [-0.39, 0.29) is 11.1 Å². The Labute approximate surface area is 149 Å². The van der Waals surface area contributed by atoms with Crippen molar-refractivity contribution >= 4 is 17.1 Å². The number of aromatic nitrogens is 6. The summed E-state index contributed by atoms with van der Waals surface area (Å²) in [7, 11) is 0. The maximum Gasteiger partial charge on any atom is 0.347 e. The van der Waals surface area contributed by atoms with E-state index in [9.17, 15) is 4.79 Å². The summed E-state index contributed by atoms with van der Waals surface area (Å²) < 4.78 is 3.50. The summed E-state index contributed by atoms with van der Waals surface area (Å²) in [5.41, 5.74) is 2.80. The van der Waals surface area contributed by atoms with E-state index < -0.39 is 0 Å². The Bertz CT molecular complexity index is 1100. The van der Waals surface area contributed by atoms with Gasteiger partial charge in [-0.1, -0.05) is 26.8 Å². The highest BCUT2D eigenvalue weighted by atomic mass is 16.1. The van der Waals surface area contributed by atoms with E-state index in [0.29, 0.717) is 18.0 Å². The zero-order chi connectivity index (χ0) is 18.3. The molecule has 0 bridgehead atoms. The van der Waals surface area contributed by atoms with Crippen molar-refractivity contribution in [2.45, 2.75) is 32.6 Å². The molecule has 0 spiro atoms. The Balaban J connectivity index is 1.59. The molecule has 26 heavy (non-hydrogen) atoms. The van der Waals surface area contributed by atoms with Gasteiger partial charge in [0.25, 0.3) is 0 Å². The van der Waals surface area contributed by atoms with Crippen LogP contribution in [0.2, 0.25) is 0 Å². The fraction of sp³-hybridized carbons (Fsp3) is 0.333. The number of nitrogens with one attached hydrogen (secondary N) is 2. The highest BCUT2D eigenvalue weighted by Gasteiger charge is 2.19. The van der Waals surface area contributed by atoms with Crippen molar-refractivity contribution in [3.05, 3.63) is 58.7 Å². The maximum absolute atomic E-state index is 12.0. The van der Waals surface area contributed by atoms with E-state index in [4.69, 9.17) is 0 Å². The van der Waals surface area contributed by atoms with Gasteiger partial charge in [-0.15, -0.1) is 5.10 Å². The largest absolute Gasteiger partial charge is 0.367 e. The van der Waals surface area contributed by atoms with Gasteiger partial charge >= 0.3 is 5.69 Å². The Morgan fingerprint density at radius 1 is 1.19 bits per heavy atom. The van der Waals surface area contributed by atoms with Crippen LogP contribution < -0.4 is 11.0 Å². The van der Waals surface area contributed by atoms with Crippen LogP contribution in [0.1, 0.15) is 32.2 Å². The second-order valence-electron chi connectivity index (χ2n) is 7.32. The van der Waals surface area contributed by atoms with Crippen LogP contribution in [-0.4, -0.2) is 35.5 Å². The average Bonchev–Trinajstić information content (AvgIpc) is 3.17. The number of rotatable bonds is 4. The van der Waals surface area contributed by atoms with Gasteiger partial charge in [0, 0.05) is 37.0 Å². The molecule has 8 heteroatoms. The third-order valence-corrected chi connectivity index (χ3v) is 4.26. The van der Waals surface area contributed by atoms with Crippen LogP contribution in [-0.2, 0) is 11.8 Å². The van der Waals surface area contributed by atoms with Crippen molar-refractivity contribution in [1.29, 1.82) is 0 Å². The van der Waals surface area contributed by atoms with Crippen molar-refractivity contribution < 1.29 is 0 Å². The number of hydrogen-bond donors (Lipinski definition) is 2. The summed E-state index contributed by atoms with van der Waals surface area (Å²) in [4.78, 5) is 21.3. The lowest BCUT2D eigenvalue weighted by Crippen LogP contribution is -2.20. The third kappa shape index (κ3) is 2.94. The Hall–Kier alpha value is -3.16. The maximum atomic E-state index is 12.0. The standard InChI is InChI=1S/C18H21N7O/c1-18(2,3)13-11-25-16(22-23-17(25)26)15(21-13)19-8-7-12-10-24-9-5-4-6-14(24)20-12/h4-6,9-11H,7-8H2,1-3H3,(H,19,21)(H,23,26). The number of H-pyrrole nitrogens is 1. The van der Waals surface area contributed by atoms with Crippen LogP contribution in [0.3, 0.4) is 0 Å². The van der Waals surface area contributed by atoms with Crippen LogP contribution in [0.5, 0.6) is 0 Å². The van der Waals surface area contributed by atoms with Gasteiger partial charge in [-0.05, 0) is 12.1 Å². The lowest BCUT2D eigenvalue weighted by Gasteiger charge is -2.19. The summed E-state index contributed by atoms with van der Waals surface area (Å²) in [6, 6.07) is 5.92. The van der Waals surface area contributed by atoms with Gasteiger partial charge < -0.3 is 9.72 Å². The molecule has 0 fully saturated rings. The predicted molar refractivity (Wildman–Crippen MR) is 99.7 cm³/mol. The van der Waals surface area contributed by atoms with E-state index in [1.54, 1.807) is 6.20 Å². The summed E-state index contributed by atoms with van der Waals surface area (Å²) in [5, 5.41) is 9.87. The van der Waals surface area contributed by atoms with Gasteiger partial charge in [-0.3, -0.25) is 0 Å². The quantitative estimate of drug-likeness (QED) is 0.587. The molecule has 0 saturated carbocycles. The van der Waals surface area contributed by atoms with Gasteiger partial charge in [0.05, 0.1) is 11.4 Å². The molecule has 4 heterocycles. The molecule has 0 amide bonds. The number of anilines is 1. The number of pyridine rings is 1. The molecule has 0 aliphatic rings. The molecule has 0 atom stereocenters. The molecule has 0 aliphatic carbocycles. The summed E-state index contributed by atoms with van der Waals surface area (Å²) in [5.74, 6) is 0.597. The number of aromatic amines is 1. The topological polar surface area (TPSA) is 92.4 Å². The molecule has 2 N–H and O–H groups in total. The lowest BCUT2D eigenvalue weighted by atomic mass is 9.93. The molecule has 0 aromatic carbocycles. The second kappa shape index (κ2) is 5.98. The Kier molecular flexibility index (Phi) is 3.75. The Morgan fingerprint density at radius 2 is 2.04 bits per heavy atom. The van der Waals surface area contributed by atoms with Gasteiger partial charge in [-0.25, -0.2) is 24.3 Å². The van der Waals surface area contributed by atoms with Crippen molar-refractivity contribution in [3.63, 3.8) is 0 Å². The van der Waals surface area contributed by atoms with Crippen LogP contribution >= 0.6 is 0 Å². The summed E-state index contributed by atoms with van der Waals surface area (Å²) in [6.07, 6.45) is 6.48. The summed E-state index contributed by atoms with van der Waals surface area (Å²) >= 11 is 0. The highest BCUT2D eigenvalue weighted by molar-refractivity contribution is 5.62. The fourth-order valence-electron chi connectivity index (χ4n) is 2.81. The third-order valence-electron chi connectivity index (χ3n) is 4.26. The van der Waals surface area contributed by atoms with Crippen LogP contribution in [0.25, 0.3) is 11.3 Å². The van der Waals surface area contributed by atoms with Crippen LogP contribution in [0.15, 0.2) is 41.6 Å². The van der Waals surface area contributed by atoms with Gasteiger partial charge in [0.15, 0.2) is 5.82 Å². The number of nitrogens with zero attached hydrogens (tertiary/aromatic N) is 5. The summed E-state index contributed by atoms with van der Waals surface area (Å²) in [6.45, 7) is 6.83. The second-order valence-corrected chi connectivity index (χ2v) is 7.32. The highest BCUT2D eigenvalue weighted by Crippen LogP contribution is 2.22. The van der Waals surface area contributed by atoms with E-state index >= 15 is 0 Å². The molecule has 4 rings (SSSR count). The predicted octanol–water partition coefficient (Wildman–Crippen LogP) is 2.02. The monoisotopic (exact) mass is 351 g/mol. The fourth-order valence-corrected chi connectivity index (χ4v) is 2.81. The zero-order valence-electron chi connectivity index (χ0n) is 15.0. The minimum absolute atomic E-state index is 0.178. The van der Waals surface area contributed by atoms with Crippen molar-refractivity contribution in [2.75, 3.05) is 11.9 Å². The molecule has 8 nitrogen and oxygen atoms in total. The Morgan fingerprint density at radius 3 is 2.81 bits per heavy atom. The first-order chi connectivity index (χ1) is 12.4.